The van der Waals surface area contributed by atoms with Gasteiger partial charge in [0.2, 0.25) is 0 Å². The molecule has 0 atom stereocenters. The van der Waals surface area contributed by atoms with E-state index >= 15 is 0 Å². The number of rotatable bonds is 4. The zero-order valence-corrected chi connectivity index (χ0v) is 13.7. The van der Waals surface area contributed by atoms with Crippen molar-refractivity contribution in [3.05, 3.63) is 54.1 Å². The molecule has 0 aromatic heterocycles. The van der Waals surface area contributed by atoms with E-state index < -0.39 is 0 Å². The molecule has 20 heavy (non-hydrogen) atoms. The minimum absolute atomic E-state index is 0.208. The van der Waals surface area contributed by atoms with Gasteiger partial charge in [-0.05, 0) is 41.3 Å². The molecule has 0 aliphatic heterocycles. The van der Waals surface area contributed by atoms with E-state index in [0.717, 1.165) is 9.98 Å². The van der Waals surface area contributed by atoms with Crippen LogP contribution in [0.2, 0.25) is 0 Å². The fraction of sp³-hybridized carbons (Fsp3) is 0.294. The first kappa shape index (κ1) is 15.3. The van der Waals surface area contributed by atoms with E-state index in [1.807, 2.05) is 23.9 Å². The SMILES string of the molecule is CC(C)(C)c1ccc(SCSc2cccc(O)c2)cc1. The van der Waals surface area contributed by atoms with Crippen LogP contribution in [-0.2, 0) is 5.41 Å². The predicted octanol–water partition coefficient (Wildman–Crippen LogP) is 5.53. The molecule has 1 nitrogen and oxygen atoms in total. The third-order valence-corrected chi connectivity index (χ3v) is 5.12. The first-order chi connectivity index (χ1) is 9.45. The van der Waals surface area contributed by atoms with Crippen LogP contribution < -0.4 is 0 Å². The van der Waals surface area contributed by atoms with Crippen molar-refractivity contribution in [3.8, 4) is 5.75 Å². The first-order valence-corrected chi connectivity index (χ1v) is 8.57. The van der Waals surface area contributed by atoms with E-state index in [4.69, 9.17) is 0 Å². The van der Waals surface area contributed by atoms with Crippen molar-refractivity contribution in [3.63, 3.8) is 0 Å². The van der Waals surface area contributed by atoms with E-state index in [1.54, 1.807) is 23.9 Å². The van der Waals surface area contributed by atoms with Crippen molar-refractivity contribution in [2.75, 3.05) is 5.08 Å². The van der Waals surface area contributed by atoms with E-state index in [1.165, 1.54) is 10.5 Å². The molecule has 0 saturated carbocycles. The van der Waals surface area contributed by atoms with Crippen LogP contribution in [-0.4, -0.2) is 10.2 Å². The van der Waals surface area contributed by atoms with Gasteiger partial charge in [0.1, 0.15) is 5.75 Å². The van der Waals surface area contributed by atoms with Crippen LogP contribution in [0.25, 0.3) is 0 Å². The Hall–Kier alpha value is -1.06. The second-order valence-electron chi connectivity index (χ2n) is 5.68. The molecule has 0 amide bonds. The minimum atomic E-state index is 0.208. The molecular weight excluding hydrogens is 284 g/mol. The molecule has 2 aromatic carbocycles. The Morgan fingerprint density at radius 3 is 2.15 bits per heavy atom. The molecule has 0 bridgehead atoms. The molecule has 0 unspecified atom stereocenters. The summed E-state index contributed by atoms with van der Waals surface area (Å²) in [5, 5.41) is 10.4. The molecular formula is C17H20OS2. The van der Waals surface area contributed by atoms with E-state index in [-0.39, 0.29) is 5.41 Å². The number of benzene rings is 2. The lowest BCUT2D eigenvalue weighted by atomic mass is 9.87. The second-order valence-corrected chi connectivity index (χ2v) is 8.14. The van der Waals surface area contributed by atoms with Gasteiger partial charge in [-0.15, -0.1) is 23.5 Å². The Morgan fingerprint density at radius 1 is 0.900 bits per heavy atom. The van der Waals surface area contributed by atoms with Crippen LogP contribution in [0.15, 0.2) is 58.3 Å². The van der Waals surface area contributed by atoms with Crippen molar-refractivity contribution >= 4 is 23.5 Å². The summed E-state index contributed by atoms with van der Waals surface area (Å²) in [5.41, 5.74) is 1.57. The highest BCUT2D eigenvalue weighted by atomic mass is 32.2. The zero-order chi connectivity index (χ0) is 14.6. The van der Waals surface area contributed by atoms with Gasteiger partial charge >= 0.3 is 0 Å². The van der Waals surface area contributed by atoms with Gasteiger partial charge in [0.05, 0.1) is 0 Å². The summed E-state index contributed by atoms with van der Waals surface area (Å²) in [4.78, 5) is 2.38. The van der Waals surface area contributed by atoms with Crippen LogP contribution in [0.1, 0.15) is 26.3 Å². The van der Waals surface area contributed by atoms with Crippen LogP contribution in [0.3, 0.4) is 0 Å². The van der Waals surface area contributed by atoms with Gasteiger partial charge in [-0.3, -0.25) is 0 Å². The summed E-state index contributed by atoms with van der Waals surface area (Å²) in [5.74, 6) is 0.328. The molecule has 3 heteroatoms. The fourth-order valence-electron chi connectivity index (χ4n) is 1.79. The molecule has 0 heterocycles. The predicted molar refractivity (Wildman–Crippen MR) is 89.8 cm³/mol. The minimum Gasteiger partial charge on any atom is -0.508 e. The third kappa shape index (κ3) is 4.50. The largest absolute Gasteiger partial charge is 0.508 e. The van der Waals surface area contributed by atoms with Gasteiger partial charge in [-0.1, -0.05) is 39.0 Å². The quantitative estimate of drug-likeness (QED) is 0.592. The topological polar surface area (TPSA) is 20.2 Å². The van der Waals surface area contributed by atoms with Gasteiger partial charge in [-0.25, -0.2) is 0 Å². The number of phenols is 1. The molecule has 0 fully saturated rings. The van der Waals surface area contributed by atoms with Crippen LogP contribution >= 0.6 is 23.5 Å². The highest BCUT2D eigenvalue weighted by Gasteiger charge is 2.12. The Labute approximate surface area is 129 Å². The monoisotopic (exact) mass is 304 g/mol. The molecule has 2 aromatic rings. The zero-order valence-electron chi connectivity index (χ0n) is 12.1. The van der Waals surface area contributed by atoms with Crippen LogP contribution in [0, 0.1) is 0 Å². The lowest BCUT2D eigenvalue weighted by Gasteiger charge is -2.19. The van der Waals surface area contributed by atoms with E-state index in [0.29, 0.717) is 5.75 Å². The number of aromatic hydroxyl groups is 1. The molecule has 0 aliphatic carbocycles. The Kier molecular flexibility index (Phi) is 5.06. The molecule has 0 radical (unpaired) electrons. The summed E-state index contributed by atoms with van der Waals surface area (Å²) < 4.78 is 0. The van der Waals surface area contributed by atoms with Gasteiger partial charge in [0, 0.05) is 14.9 Å². The standard InChI is InChI=1S/C17H20OS2/c1-17(2,3)13-7-9-15(10-8-13)19-12-20-16-6-4-5-14(18)11-16/h4-11,18H,12H2,1-3H3. The van der Waals surface area contributed by atoms with Crippen molar-refractivity contribution in [1.82, 2.24) is 0 Å². The molecule has 0 aliphatic rings. The Balaban J connectivity index is 1.88. The lowest BCUT2D eigenvalue weighted by molar-refractivity contribution is 0.474. The average Bonchev–Trinajstić information content (AvgIpc) is 2.38. The summed E-state index contributed by atoms with van der Waals surface area (Å²) in [6.07, 6.45) is 0. The molecule has 2 rings (SSSR count). The Morgan fingerprint density at radius 2 is 1.55 bits per heavy atom. The Bertz CT molecular complexity index is 556. The van der Waals surface area contributed by atoms with Crippen molar-refractivity contribution in [1.29, 1.82) is 0 Å². The number of thioether (sulfide) groups is 2. The molecule has 106 valence electrons. The molecule has 0 spiro atoms. The van der Waals surface area contributed by atoms with Gasteiger partial charge < -0.3 is 5.11 Å². The van der Waals surface area contributed by atoms with E-state index in [2.05, 4.69) is 45.0 Å². The van der Waals surface area contributed by atoms with Crippen LogP contribution in [0.5, 0.6) is 5.75 Å². The molecule has 1 N–H and O–H groups in total. The first-order valence-electron chi connectivity index (χ1n) is 6.60. The normalized spacial score (nSPS) is 11.6. The highest BCUT2D eigenvalue weighted by Crippen LogP contribution is 2.30. The maximum absolute atomic E-state index is 9.42. The maximum atomic E-state index is 9.42. The third-order valence-electron chi connectivity index (χ3n) is 2.99. The smallest absolute Gasteiger partial charge is 0.116 e. The maximum Gasteiger partial charge on any atom is 0.116 e. The van der Waals surface area contributed by atoms with Crippen LogP contribution in [0.4, 0.5) is 0 Å². The lowest BCUT2D eigenvalue weighted by Crippen LogP contribution is -2.10. The summed E-state index contributed by atoms with van der Waals surface area (Å²) in [6, 6.07) is 16.2. The summed E-state index contributed by atoms with van der Waals surface area (Å²) in [7, 11) is 0. The number of hydrogen-bond acceptors (Lipinski definition) is 3. The average molecular weight is 304 g/mol. The van der Waals surface area contributed by atoms with Gasteiger partial charge in [0.25, 0.3) is 0 Å². The molecule has 0 saturated heterocycles. The van der Waals surface area contributed by atoms with Crippen molar-refractivity contribution in [2.45, 2.75) is 36.0 Å². The van der Waals surface area contributed by atoms with Gasteiger partial charge in [-0.2, -0.15) is 0 Å². The second kappa shape index (κ2) is 6.59. The number of hydrogen-bond donors (Lipinski definition) is 1. The van der Waals surface area contributed by atoms with Crippen molar-refractivity contribution in [2.24, 2.45) is 0 Å². The highest BCUT2D eigenvalue weighted by molar-refractivity contribution is 8.16. The van der Waals surface area contributed by atoms with Crippen molar-refractivity contribution < 1.29 is 5.11 Å². The van der Waals surface area contributed by atoms with E-state index in [9.17, 15) is 5.11 Å². The van der Waals surface area contributed by atoms with Gasteiger partial charge in [0.15, 0.2) is 0 Å². The number of phenolic OH excluding ortho intramolecular Hbond substituents is 1. The fourth-order valence-corrected chi connectivity index (χ4v) is 3.82. The summed E-state index contributed by atoms with van der Waals surface area (Å²) in [6.45, 7) is 6.69. The summed E-state index contributed by atoms with van der Waals surface area (Å²) >= 11 is 3.56.